The van der Waals surface area contributed by atoms with Crippen LogP contribution in [-0.4, -0.2) is 5.71 Å². The first-order chi connectivity index (χ1) is 9.92. The Morgan fingerprint density at radius 2 is 1.90 bits per heavy atom. The van der Waals surface area contributed by atoms with E-state index in [0.717, 1.165) is 18.5 Å². The van der Waals surface area contributed by atoms with Crippen LogP contribution in [0.15, 0.2) is 53.5 Å². The molecule has 2 aliphatic carbocycles. The van der Waals surface area contributed by atoms with Crippen molar-refractivity contribution < 1.29 is 0 Å². The standard InChI is InChI=1S/C19H13N/c1-2-6-13-12(5-1)11-16-14(13)9-10-18-19(16)15-7-3-4-8-17(15)20-18/h1-2,4-6,8-11H,3,7H2. The van der Waals surface area contributed by atoms with Crippen LogP contribution in [0.4, 0.5) is 5.69 Å². The molecule has 20 heavy (non-hydrogen) atoms. The van der Waals surface area contributed by atoms with E-state index in [9.17, 15) is 0 Å². The van der Waals surface area contributed by atoms with Gasteiger partial charge in [0.1, 0.15) is 0 Å². The topological polar surface area (TPSA) is 12.4 Å². The van der Waals surface area contributed by atoms with E-state index in [-0.39, 0.29) is 0 Å². The van der Waals surface area contributed by atoms with Crippen LogP contribution in [0.25, 0.3) is 22.8 Å². The minimum Gasteiger partial charge on any atom is -0.248 e. The molecule has 1 aliphatic heterocycles. The highest BCUT2D eigenvalue weighted by Crippen LogP contribution is 2.29. The third kappa shape index (κ3) is 1.20. The summed E-state index contributed by atoms with van der Waals surface area (Å²) in [5.74, 6) is 0. The van der Waals surface area contributed by atoms with Gasteiger partial charge in [-0.15, -0.1) is 0 Å². The number of aliphatic imine (C=N–C) groups is 1. The molecule has 5 rings (SSSR count). The van der Waals surface area contributed by atoms with Crippen molar-refractivity contribution in [2.75, 3.05) is 0 Å². The van der Waals surface area contributed by atoms with E-state index < -0.39 is 0 Å². The molecule has 0 saturated carbocycles. The average Bonchev–Trinajstić information content (AvgIpc) is 3.04. The van der Waals surface area contributed by atoms with Gasteiger partial charge in [0.2, 0.25) is 0 Å². The van der Waals surface area contributed by atoms with Crippen LogP contribution < -0.4 is 10.4 Å². The highest BCUT2D eigenvalue weighted by Gasteiger charge is 2.21. The van der Waals surface area contributed by atoms with Crippen LogP contribution in [0, 0.1) is 0 Å². The number of nitrogens with zero attached hydrogens (tertiary/aromatic N) is 1. The van der Waals surface area contributed by atoms with Gasteiger partial charge in [-0.2, -0.15) is 0 Å². The molecule has 0 atom stereocenters. The summed E-state index contributed by atoms with van der Waals surface area (Å²) in [6, 6.07) is 13.0. The van der Waals surface area contributed by atoms with Crippen molar-refractivity contribution in [3.8, 4) is 11.1 Å². The van der Waals surface area contributed by atoms with E-state index in [1.165, 1.54) is 38.4 Å². The lowest BCUT2D eigenvalue weighted by atomic mass is 9.96. The highest BCUT2D eigenvalue weighted by molar-refractivity contribution is 6.28. The minimum absolute atomic E-state index is 1.11. The van der Waals surface area contributed by atoms with Gasteiger partial charge in [0.05, 0.1) is 11.4 Å². The summed E-state index contributed by atoms with van der Waals surface area (Å²) in [6.45, 7) is 0. The molecular weight excluding hydrogens is 242 g/mol. The van der Waals surface area contributed by atoms with Gasteiger partial charge in [-0.3, -0.25) is 0 Å². The van der Waals surface area contributed by atoms with Crippen LogP contribution in [0.1, 0.15) is 18.4 Å². The fourth-order valence-corrected chi connectivity index (χ4v) is 3.57. The monoisotopic (exact) mass is 255 g/mol. The van der Waals surface area contributed by atoms with Crippen molar-refractivity contribution in [3.63, 3.8) is 0 Å². The van der Waals surface area contributed by atoms with Gasteiger partial charge in [-0.1, -0.05) is 36.4 Å². The normalized spacial score (nSPS) is 17.0. The molecule has 2 aromatic carbocycles. The van der Waals surface area contributed by atoms with E-state index in [0.29, 0.717) is 0 Å². The molecule has 0 fully saturated rings. The van der Waals surface area contributed by atoms with Crippen molar-refractivity contribution in [3.05, 3.63) is 64.6 Å². The van der Waals surface area contributed by atoms with Crippen LogP contribution in [0.2, 0.25) is 0 Å². The molecule has 0 saturated heterocycles. The predicted molar refractivity (Wildman–Crippen MR) is 83.6 cm³/mol. The Morgan fingerprint density at radius 3 is 2.90 bits per heavy atom. The number of allylic oxidation sites excluding steroid dienone is 2. The zero-order chi connectivity index (χ0) is 13.1. The maximum Gasteiger partial charge on any atom is 0.0719 e. The van der Waals surface area contributed by atoms with Crippen molar-refractivity contribution in [1.82, 2.24) is 0 Å². The van der Waals surface area contributed by atoms with E-state index in [1.54, 1.807) is 0 Å². The molecular formula is C19H13N. The second kappa shape index (κ2) is 3.57. The summed E-state index contributed by atoms with van der Waals surface area (Å²) in [4.78, 5) is 4.79. The van der Waals surface area contributed by atoms with Crippen molar-refractivity contribution in [2.45, 2.75) is 12.8 Å². The molecule has 94 valence electrons. The third-order valence-electron chi connectivity index (χ3n) is 4.46. The smallest absolute Gasteiger partial charge is 0.0719 e. The molecule has 1 heterocycles. The first kappa shape index (κ1) is 10.4. The van der Waals surface area contributed by atoms with Gasteiger partial charge >= 0.3 is 0 Å². The van der Waals surface area contributed by atoms with Crippen molar-refractivity contribution >= 4 is 23.0 Å². The predicted octanol–water partition coefficient (Wildman–Crippen LogP) is 3.08. The lowest BCUT2D eigenvalue weighted by molar-refractivity contribution is 1.07. The molecule has 2 aromatic rings. The summed E-state index contributed by atoms with van der Waals surface area (Å²) in [5.41, 5.74) is 7.79. The fourth-order valence-electron chi connectivity index (χ4n) is 3.57. The number of hydrogen-bond donors (Lipinski definition) is 0. The van der Waals surface area contributed by atoms with Gasteiger partial charge < -0.3 is 0 Å². The Morgan fingerprint density at radius 1 is 0.950 bits per heavy atom. The number of rotatable bonds is 0. The van der Waals surface area contributed by atoms with Gasteiger partial charge in [0.25, 0.3) is 0 Å². The molecule has 0 bridgehead atoms. The molecule has 0 amide bonds. The highest BCUT2D eigenvalue weighted by atomic mass is 14.8. The Bertz CT molecular complexity index is 942. The number of hydrogen-bond acceptors (Lipinski definition) is 1. The molecule has 0 aromatic heterocycles. The molecule has 0 spiro atoms. The van der Waals surface area contributed by atoms with E-state index in [1.807, 2.05) is 0 Å². The Kier molecular flexibility index (Phi) is 1.86. The van der Waals surface area contributed by atoms with Crippen LogP contribution in [0.5, 0.6) is 0 Å². The van der Waals surface area contributed by atoms with Gasteiger partial charge in [0.15, 0.2) is 0 Å². The lowest BCUT2D eigenvalue weighted by Crippen LogP contribution is -2.27. The van der Waals surface area contributed by atoms with E-state index >= 15 is 0 Å². The average molecular weight is 255 g/mol. The van der Waals surface area contributed by atoms with E-state index in [2.05, 4.69) is 54.6 Å². The first-order valence-corrected chi connectivity index (χ1v) is 7.15. The summed E-state index contributed by atoms with van der Waals surface area (Å²) in [5, 5.41) is 2.74. The van der Waals surface area contributed by atoms with Crippen LogP contribution in [0.3, 0.4) is 0 Å². The molecule has 0 radical (unpaired) electrons. The molecule has 1 heteroatoms. The largest absolute Gasteiger partial charge is 0.248 e. The molecule has 3 aliphatic rings. The Hall–Kier alpha value is -2.41. The van der Waals surface area contributed by atoms with Gasteiger partial charge in [-0.05, 0) is 58.5 Å². The van der Waals surface area contributed by atoms with Gasteiger partial charge in [0, 0.05) is 5.22 Å². The summed E-state index contributed by atoms with van der Waals surface area (Å²) < 4.78 is 0. The Balaban J connectivity index is 1.94. The summed E-state index contributed by atoms with van der Waals surface area (Å²) in [6.07, 6.45) is 8.97. The summed E-state index contributed by atoms with van der Waals surface area (Å²) in [7, 11) is 0. The van der Waals surface area contributed by atoms with Crippen LogP contribution >= 0.6 is 0 Å². The fraction of sp³-hybridized carbons (Fsp3) is 0.105. The maximum atomic E-state index is 4.79. The molecule has 0 N–H and O–H groups in total. The lowest BCUT2D eigenvalue weighted by Gasteiger charge is -2.06. The quantitative estimate of drug-likeness (QED) is 0.585. The van der Waals surface area contributed by atoms with Gasteiger partial charge in [-0.25, -0.2) is 4.99 Å². The van der Waals surface area contributed by atoms with Crippen molar-refractivity contribution in [2.24, 2.45) is 4.99 Å². The number of fused-ring (bicyclic) bond motifs is 6. The van der Waals surface area contributed by atoms with E-state index in [4.69, 9.17) is 4.99 Å². The maximum absolute atomic E-state index is 4.79. The SMILES string of the molecule is C1=CC2=Nc3ccc4c(c3=C2CC1)=Cc1ccccc1-4. The number of benzene rings is 2. The Labute approximate surface area is 117 Å². The third-order valence-corrected chi connectivity index (χ3v) is 4.46. The van der Waals surface area contributed by atoms with Crippen molar-refractivity contribution in [1.29, 1.82) is 0 Å². The zero-order valence-electron chi connectivity index (χ0n) is 11.1. The first-order valence-electron chi connectivity index (χ1n) is 7.15. The second-order valence-electron chi connectivity index (χ2n) is 5.57. The van der Waals surface area contributed by atoms with Crippen LogP contribution in [-0.2, 0) is 0 Å². The zero-order valence-corrected chi connectivity index (χ0v) is 11.1. The summed E-state index contributed by atoms with van der Waals surface area (Å²) >= 11 is 0. The second-order valence-corrected chi connectivity index (χ2v) is 5.57. The minimum atomic E-state index is 1.11. The molecule has 0 unspecified atom stereocenters. The molecule has 1 nitrogen and oxygen atoms in total.